The van der Waals surface area contributed by atoms with Gasteiger partial charge in [0.15, 0.2) is 11.5 Å². The average Bonchev–Trinajstić information content (AvgIpc) is 3.06. The molecule has 0 radical (unpaired) electrons. The normalized spacial score (nSPS) is 20.3. The minimum Gasteiger partial charge on any atom is -0.455 e. The summed E-state index contributed by atoms with van der Waals surface area (Å²) in [6.45, 7) is 7.15. The quantitative estimate of drug-likeness (QED) is 0.809. The Hall–Kier alpha value is -2.40. The van der Waals surface area contributed by atoms with Crippen molar-refractivity contribution in [3.63, 3.8) is 0 Å². The lowest BCUT2D eigenvalue weighted by Gasteiger charge is -2.41. The number of furan rings is 1. The van der Waals surface area contributed by atoms with Crippen LogP contribution in [0.2, 0.25) is 0 Å². The molecule has 0 saturated carbocycles. The van der Waals surface area contributed by atoms with Crippen molar-refractivity contribution in [3.8, 4) is 0 Å². The number of fused-ring (bicyclic) bond motifs is 1. The van der Waals surface area contributed by atoms with E-state index >= 15 is 0 Å². The van der Waals surface area contributed by atoms with Crippen LogP contribution in [-0.2, 0) is 13.0 Å². The third kappa shape index (κ3) is 3.51. The van der Waals surface area contributed by atoms with Crippen LogP contribution in [-0.4, -0.2) is 47.2 Å². The lowest BCUT2D eigenvalue weighted by Crippen LogP contribution is -2.54. The molecule has 2 heterocycles. The molecule has 1 aromatic carbocycles. The van der Waals surface area contributed by atoms with Crippen LogP contribution < -0.4 is 0 Å². The summed E-state index contributed by atoms with van der Waals surface area (Å²) < 4.78 is 5.89. The average molecular weight is 380 g/mol. The molecule has 2 aliphatic rings. The molecule has 28 heavy (non-hydrogen) atoms. The van der Waals surface area contributed by atoms with E-state index in [2.05, 4.69) is 36.1 Å². The van der Waals surface area contributed by atoms with Crippen molar-refractivity contribution in [1.29, 1.82) is 0 Å². The van der Waals surface area contributed by atoms with E-state index < -0.39 is 0 Å². The van der Waals surface area contributed by atoms with Gasteiger partial charge in [0.05, 0.1) is 5.56 Å². The molecule has 1 aliphatic carbocycles. The van der Waals surface area contributed by atoms with Crippen LogP contribution in [0.25, 0.3) is 0 Å². The molecule has 0 spiro atoms. The second-order valence-electron chi connectivity index (χ2n) is 7.90. The van der Waals surface area contributed by atoms with Crippen molar-refractivity contribution in [3.05, 3.63) is 58.5 Å². The maximum atomic E-state index is 13.2. The molecule has 0 N–H and O–H groups in total. The van der Waals surface area contributed by atoms with Crippen LogP contribution in [0, 0.1) is 6.92 Å². The molecule has 1 fully saturated rings. The SMILES string of the molecule is CC[C@@H]1CN(C(=O)c2oc3c(c2C)C(=O)CCC3)CCN1Cc1ccccc1. The maximum absolute atomic E-state index is 13.2. The largest absolute Gasteiger partial charge is 0.455 e. The first kappa shape index (κ1) is 18.9. The summed E-state index contributed by atoms with van der Waals surface area (Å²) in [5.74, 6) is 1.11. The van der Waals surface area contributed by atoms with Crippen molar-refractivity contribution < 1.29 is 14.0 Å². The van der Waals surface area contributed by atoms with Gasteiger partial charge < -0.3 is 9.32 Å². The van der Waals surface area contributed by atoms with Gasteiger partial charge in [0.25, 0.3) is 5.91 Å². The molecule has 0 unspecified atom stereocenters. The number of Topliss-reactive ketones (excluding diaryl/α,β-unsaturated/α-hetero) is 1. The zero-order valence-corrected chi connectivity index (χ0v) is 16.7. The Morgan fingerprint density at radius 1 is 1.18 bits per heavy atom. The number of amides is 1. The van der Waals surface area contributed by atoms with E-state index in [9.17, 15) is 9.59 Å². The summed E-state index contributed by atoms with van der Waals surface area (Å²) in [5.41, 5.74) is 2.68. The van der Waals surface area contributed by atoms with Crippen LogP contribution in [0.5, 0.6) is 0 Å². The molecule has 4 rings (SSSR count). The first-order valence-corrected chi connectivity index (χ1v) is 10.3. The number of rotatable bonds is 4. The summed E-state index contributed by atoms with van der Waals surface area (Å²) in [6, 6.07) is 10.8. The number of ketones is 1. The summed E-state index contributed by atoms with van der Waals surface area (Å²) in [6.07, 6.45) is 3.10. The van der Waals surface area contributed by atoms with E-state index in [0.29, 0.717) is 42.6 Å². The fourth-order valence-corrected chi connectivity index (χ4v) is 4.49. The van der Waals surface area contributed by atoms with Crippen molar-refractivity contribution >= 4 is 11.7 Å². The number of piperazine rings is 1. The summed E-state index contributed by atoms with van der Waals surface area (Å²) in [5, 5.41) is 0. The third-order valence-electron chi connectivity index (χ3n) is 6.09. The van der Waals surface area contributed by atoms with Crippen LogP contribution >= 0.6 is 0 Å². The second kappa shape index (κ2) is 7.92. The van der Waals surface area contributed by atoms with Gasteiger partial charge in [-0.2, -0.15) is 0 Å². The second-order valence-corrected chi connectivity index (χ2v) is 7.90. The van der Waals surface area contributed by atoms with Crippen molar-refractivity contribution in [1.82, 2.24) is 9.80 Å². The molecule has 5 nitrogen and oxygen atoms in total. The Bertz CT molecular complexity index is 871. The molecular weight excluding hydrogens is 352 g/mol. The van der Waals surface area contributed by atoms with Crippen LogP contribution in [0.1, 0.15) is 64.0 Å². The molecule has 1 saturated heterocycles. The Kier molecular flexibility index (Phi) is 5.36. The van der Waals surface area contributed by atoms with Gasteiger partial charge in [-0.25, -0.2) is 0 Å². The molecule has 1 aliphatic heterocycles. The molecule has 1 atom stereocenters. The number of hydrogen-bond donors (Lipinski definition) is 0. The number of carbonyl (C=O) groups excluding carboxylic acids is 2. The Balaban J connectivity index is 1.49. The zero-order valence-electron chi connectivity index (χ0n) is 16.7. The first-order chi connectivity index (χ1) is 13.6. The maximum Gasteiger partial charge on any atom is 0.289 e. The Morgan fingerprint density at radius 3 is 2.68 bits per heavy atom. The molecule has 5 heteroatoms. The lowest BCUT2D eigenvalue weighted by atomic mass is 9.94. The minimum absolute atomic E-state index is 0.0717. The Morgan fingerprint density at radius 2 is 1.96 bits per heavy atom. The predicted molar refractivity (Wildman–Crippen MR) is 108 cm³/mol. The van der Waals surface area contributed by atoms with Crippen molar-refractivity contribution in [2.24, 2.45) is 0 Å². The number of benzene rings is 1. The van der Waals surface area contributed by atoms with Gasteiger partial charge in [0.2, 0.25) is 0 Å². The third-order valence-corrected chi connectivity index (χ3v) is 6.09. The minimum atomic E-state index is -0.0717. The van der Waals surface area contributed by atoms with Gasteiger partial charge in [-0.3, -0.25) is 14.5 Å². The van der Waals surface area contributed by atoms with Gasteiger partial charge in [0.1, 0.15) is 5.76 Å². The Labute approximate surface area is 166 Å². The van der Waals surface area contributed by atoms with E-state index in [-0.39, 0.29) is 11.7 Å². The molecule has 1 aromatic heterocycles. The smallest absolute Gasteiger partial charge is 0.289 e. The van der Waals surface area contributed by atoms with Crippen LogP contribution in [0.4, 0.5) is 0 Å². The topological polar surface area (TPSA) is 53.8 Å². The van der Waals surface area contributed by atoms with E-state index in [1.165, 1.54) is 5.56 Å². The molecule has 0 bridgehead atoms. The van der Waals surface area contributed by atoms with Crippen LogP contribution in [0.15, 0.2) is 34.7 Å². The highest BCUT2D eigenvalue weighted by Crippen LogP contribution is 2.30. The van der Waals surface area contributed by atoms with Gasteiger partial charge in [-0.1, -0.05) is 37.3 Å². The predicted octanol–water partition coefficient (Wildman–Crippen LogP) is 3.84. The van der Waals surface area contributed by atoms with Gasteiger partial charge in [-0.05, 0) is 25.3 Å². The van der Waals surface area contributed by atoms with E-state index in [0.717, 1.165) is 37.9 Å². The monoisotopic (exact) mass is 380 g/mol. The summed E-state index contributed by atoms with van der Waals surface area (Å²) >= 11 is 0. The van der Waals surface area contributed by atoms with Crippen LogP contribution in [0.3, 0.4) is 0 Å². The highest BCUT2D eigenvalue weighted by molar-refractivity contribution is 6.03. The van der Waals surface area contributed by atoms with E-state index in [4.69, 9.17) is 4.42 Å². The lowest BCUT2D eigenvalue weighted by molar-refractivity contribution is 0.0423. The van der Waals surface area contributed by atoms with Crippen molar-refractivity contribution in [2.45, 2.75) is 52.1 Å². The van der Waals surface area contributed by atoms with E-state index in [1.54, 1.807) is 0 Å². The van der Waals surface area contributed by atoms with Gasteiger partial charge in [-0.15, -0.1) is 0 Å². The zero-order chi connectivity index (χ0) is 19.7. The molecule has 2 aromatic rings. The number of aryl methyl sites for hydroxylation is 1. The fraction of sp³-hybridized carbons (Fsp3) is 0.478. The molecule has 1 amide bonds. The number of hydrogen-bond acceptors (Lipinski definition) is 4. The van der Waals surface area contributed by atoms with Gasteiger partial charge in [0, 0.05) is 50.6 Å². The van der Waals surface area contributed by atoms with E-state index in [1.807, 2.05) is 17.9 Å². The standard InChI is InChI=1S/C23H28N2O3/c1-3-18-15-25(13-12-24(18)14-17-8-5-4-6-9-17)23(27)22-16(2)21-19(26)10-7-11-20(21)28-22/h4-6,8-9,18H,3,7,10-15H2,1-2H3/t18-/m1/s1. The highest BCUT2D eigenvalue weighted by Gasteiger charge is 2.34. The van der Waals surface area contributed by atoms with Crippen molar-refractivity contribution in [2.75, 3.05) is 19.6 Å². The first-order valence-electron chi connectivity index (χ1n) is 10.3. The molecular formula is C23H28N2O3. The molecule has 148 valence electrons. The summed E-state index contributed by atoms with van der Waals surface area (Å²) in [7, 11) is 0. The summed E-state index contributed by atoms with van der Waals surface area (Å²) in [4.78, 5) is 29.8. The number of carbonyl (C=O) groups is 2. The highest BCUT2D eigenvalue weighted by atomic mass is 16.4. The number of nitrogens with zero attached hydrogens (tertiary/aromatic N) is 2. The van der Waals surface area contributed by atoms with Gasteiger partial charge >= 0.3 is 0 Å². The fourth-order valence-electron chi connectivity index (χ4n) is 4.49.